The summed E-state index contributed by atoms with van der Waals surface area (Å²) in [5.74, 6) is 0. The Morgan fingerprint density at radius 3 is 0.703 bits per heavy atom. The fraction of sp³-hybridized carbons (Fsp3) is 0.326. The zero-order valence-corrected chi connectivity index (χ0v) is 36.8. The van der Waals surface area contributed by atoms with Crippen molar-refractivity contribution in [1.29, 1.82) is 0 Å². The monoisotopic (exact) mass is 860 g/mol. The predicted octanol–water partition coefficient (Wildman–Crippen LogP) is 4.14. The van der Waals surface area contributed by atoms with Crippen LogP contribution in [0.15, 0.2) is 141 Å². The summed E-state index contributed by atoms with van der Waals surface area (Å²) in [7, 11) is 5.65. The van der Waals surface area contributed by atoms with Crippen LogP contribution in [0.1, 0.15) is 45.6 Å². The number of hydrogen-bond acceptors (Lipinski definition) is 15. The largest absolute Gasteiger partial charge is 0.290 e. The van der Waals surface area contributed by atoms with Gasteiger partial charge in [0.1, 0.15) is 0 Å². The Hall–Kier alpha value is -6.99. The maximum Gasteiger partial charge on any atom is 0.0967 e. The molecule has 18 heteroatoms. The van der Waals surface area contributed by atoms with E-state index in [0.717, 1.165) is 104 Å². The fourth-order valence-electron chi connectivity index (χ4n) is 7.12. The van der Waals surface area contributed by atoms with Crippen LogP contribution in [-0.2, 0) is 73.5 Å². The molecule has 0 aliphatic heterocycles. The number of pyridine rings is 5. The fourth-order valence-corrected chi connectivity index (χ4v) is 7.12. The molecule has 0 bridgehead atoms. The van der Waals surface area contributed by atoms with E-state index in [4.69, 9.17) is 0 Å². The van der Waals surface area contributed by atoms with Gasteiger partial charge in [0.25, 0.3) is 0 Å². The van der Waals surface area contributed by atoms with Crippen LogP contribution < -0.4 is 0 Å². The number of aromatic nitrogens is 14. The van der Waals surface area contributed by atoms with E-state index in [1.54, 1.807) is 14.0 Å². The molecule has 8 heterocycles. The third kappa shape index (κ3) is 15.4. The van der Waals surface area contributed by atoms with Crippen LogP contribution >= 0.6 is 0 Å². The molecule has 8 aromatic heterocycles. The minimum absolute atomic E-state index is 0.686. The first-order valence-corrected chi connectivity index (χ1v) is 21.3. The molecular weight excluding hydrogens is 805 g/mol. The van der Waals surface area contributed by atoms with Gasteiger partial charge in [0.2, 0.25) is 0 Å². The molecule has 0 amide bonds. The van der Waals surface area contributed by atoms with Crippen molar-refractivity contribution >= 4 is 0 Å². The summed E-state index contributed by atoms with van der Waals surface area (Å²) < 4.78 is 5.19. The molecule has 330 valence electrons. The topological polar surface area (TPSA) is 170 Å². The summed E-state index contributed by atoms with van der Waals surface area (Å²) in [5.41, 5.74) is 8.02. The van der Waals surface area contributed by atoms with Gasteiger partial charge in [0.05, 0.1) is 45.6 Å². The first-order valence-electron chi connectivity index (χ1n) is 21.3. The summed E-state index contributed by atoms with van der Waals surface area (Å²) in [5, 5.41) is 25.0. The lowest BCUT2D eigenvalue weighted by molar-refractivity contribution is 0.178. The van der Waals surface area contributed by atoms with Gasteiger partial charge in [-0.1, -0.05) is 46.0 Å². The Kier molecular flexibility index (Phi) is 16.9. The van der Waals surface area contributed by atoms with Gasteiger partial charge in [-0.25, -0.2) is 0 Å². The van der Waals surface area contributed by atoms with Gasteiger partial charge >= 0.3 is 0 Å². The minimum Gasteiger partial charge on any atom is -0.290 e. The number of rotatable bonds is 22. The highest BCUT2D eigenvalue weighted by atomic mass is 15.4. The lowest BCUT2D eigenvalue weighted by Gasteiger charge is -2.27. The molecule has 18 nitrogen and oxygen atoms in total. The molecule has 0 unspecified atom stereocenters. The Morgan fingerprint density at radius 1 is 0.312 bits per heavy atom. The van der Waals surface area contributed by atoms with Crippen molar-refractivity contribution in [2.75, 3.05) is 26.2 Å². The van der Waals surface area contributed by atoms with E-state index in [0.29, 0.717) is 19.6 Å². The van der Waals surface area contributed by atoms with Crippen molar-refractivity contribution in [2.45, 2.75) is 52.4 Å². The third-order valence-electron chi connectivity index (χ3n) is 10.1. The molecule has 0 aliphatic rings. The van der Waals surface area contributed by atoms with Crippen molar-refractivity contribution in [3.05, 3.63) is 186 Å². The number of nitrogens with zero attached hydrogens (tertiary/aromatic N) is 18. The van der Waals surface area contributed by atoms with Crippen LogP contribution in [0.4, 0.5) is 0 Å². The number of aryl methyl sites for hydroxylation is 3. The molecule has 8 aromatic rings. The first-order chi connectivity index (χ1) is 31.4. The number of hydrogen-bond donors (Lipinski definition) is 0. The van der Waals surface area contributed by atoms with E-state index < -0.39 is 0 Å². The second-order valence-corrected chi connectivity index (χ2v) is 15.6. The van der Waals surface area contributed by atoms with Gasteiger partial charge in [-0.2, -0.15) is 0 Å². The molecule has 0 spiro atoms. The molecule has 0 saturated heterocycles. The lowest BCUT2D eigenvalue weighted by atomic mass is 10.2. The summed E-state index contributed by atoms with van der Waals surface area (Å²) in [6.45, 7) is 9.25. The Bertz CT molecular complexity index is 2350. The van der Waals surface area contributed by atoms with Crippen molar-refractivity contribution in [2.24, 2.45) is 21.1 Å². The third-order valence-corrected chi connectivity index (χ3v) is 10.1. The molecule has 0 N–H and O–H groups in total. The normalized spacial score (nSPS) is 11.4. The molecule has 64 heavy (non-hydrogen) atoms. The first kappa shape index (κ1) is 45.0. The van der Waals surface area contributed by atoms with Crippen molar-refractivity contribution in [3.8, 4) is 0 Å². The van der Waals surface area contributed by atoms with E-state index in [2.05, 4.69) is 106 Å². The average molecular weight is 861 g/mol. The van der Waals surface area contributed by atoms with Gasteiger partial charge in [-0.05, 0) is 60.7 Å². The summed E-state index contributed by atoms with van der Waals surface area (Å²) >= 11 is 0. The molecule has 0 aliphatic carbocycles. The van der Waals surface area contributed by atoms with E-state index in [-0.39, 0.29) is 0 Å². The predicted molar refractivity (Wildman–Crippen MR) is 241 cm³/mol. The Balaban J connectivity index is 0.000000191. The zero-order valence-electron chi connectivity index (χ0n) is 36.8. The molecule has 0 saturated carbocycles. The molecule has 0 atom stereocenters. The minimum atomic E-state index is 0.686. The highest BCUT2D eigenvalue weighted by Crippen LogP contribution is 2.13. The van der Waals surface area contributed by atoms with E-state index in [1.165, 1.54) is 0 Å². The highest BCUT2D eigenvalue weighted by molar-refractivity contribution is 5.09. The van der Waals surface area contributed by atoms with Crippen LogP contribution in [0, 0.1) is 0 Å². The highest BCUT2D eigenvalue weighted by Gasteiger charge is 2.17. The van der Waals surface area contributed by atoms with Gasteiger partial charge in [0.15, 0.2) is 0 Å². The van der Waals surface area contributed by atoms with Gasteiger partial charge in [-0.3, -0.25) is 58.6 Å². The van der Waals surface area contributed by atoms with Crippen LogP contribution in [0.2, 0.25) is 0 Å². The zero-order chi connectivity index (χ0) is 44.2. The molecule has 0 radical (unpaired) electrons. The van der Waals surface area contributed by atoms with Crippen LogP contribution in [0.25, 0.3) is 0 Å². The quantitative estimate of drug-likeness (QED) is 0.0953. The van der Waals surface area contributed by atoms with Crippen molar-refractivity contribution < 1.29 is 0 Å². The Morgan fingerprint density at radius 2 is 0.531 bits per heavy atom. The SMILES string of the molecule is Cn1cc(CN(CCN(Cc2ccccn2)Cc2ccccn2)Cc2ccccn2)nn1.Cn1cc(CN(CCN(Cc2ccccn2)Cc2ccccn2)Cc2cn(C)nn2)nn1. The van der Waals surface area contributed by atoms with Crippen LogP contribution in [0.3, 0.4) is 0 Å². The molecule has 8 rings (SSSR count). The van der Waals surface area contributed by atoms with Crippen LogP contribution in [-0.4, -0.2) is 116 Å². The van der Waals surface area contributed by atoms with Crippen LogP contribution in [0.5, 0.6) is 0 Å². The van der Waals surface area contributed by atoms with Crippen molar-refractivity contribution in [3.63, 3.8) is 0 Å². The smallest absolute Gasteiger partial charge is 0.0967 e. The Labute approximate surface area is 374 Å². The van der Waals surface area contributed by atoms with E-state index >= 15 is 0 Å². The van der Waals surface area contributed by atoms with Gasteiger partial charge < -0.3 is 0 Å². The molecule has 0 aromatic carbocycles. The maximum absolute atomic E-state index is 4.52. The standard InChI is InChI=1S/C24H28N8.C22H28N10/c1-30-16-24(28-29-30)20-32(19-23-10-4-7-13-27-23)15-14-31(17-21-8-2-5-11-25-21)18-22-9-3-6-12-26-22;1-29-13-21(25-27-29)17-32(18-22-14-30(2)28-26-22)12-11-31(15-19-7-3-5-9-23-19)16-20-8-4-6-10-24-20/h2-13,16H,14-15,17-20H2,1H3;3-10,13-14H,11-12,15-18H2,1-2H3. The maximum atomic E-state index is 4.52. The van der Waals surface area contributed by atoms with Gasteiger partial charge in [-0.15, -0.1) is 15.3 Å². The second-order valence-electron chi connectivity index (χ2n) is 15.6. The molecular formula is C46H56N18. The lowest BCUT2D eigenvalue weighted by Crippen LogP contribution is -2.35. The summed E-state index contributed by atoms with van der Waals surface area (Å²) in [6, 6.07) is 30.2. The van der Waals surface area contributed by atoms with Gasteiger partial charge in [0, 0.05) is 149 Å². The molecule has 0 fully saturated rings. The average Bonchev–Trinajstić information content (AvgIpc) is 4.06. The second kappa shape index (κ2) is 24.0. The van der Waals surface area contributed by atoms with Crippen molar-refractivity contribution in [1.82, 2.24) is 89.5 Å². The van der Waals surface area contributed by atoms with E-state index in [9.17, 15) is 0 Å². The summed E-state index contributed by atoms with van der Waals surface area (Å²) in [6.07, 6.45) is 15.1. The van der Waals surface area contributed by atoms with E-state index in [1.807, 2.05) is 131 Å². The summed E-state index contributed by atoms with van der Waals surface area (Å²) in [4.78, 5) is 32.0.